The molecule has 2 N–H and O–H groups in total. The first kappa shape index (κ1) is 13.3. The Labute approximate surface area is 101 Å². The van der Waals surface area contributed by atoms with Gasteiger partial charge in [-0.25, -0.2) is 4.98 Å². The van der Waals surface area contributed by atoms with E-state index in [0.29, 0.717) is 18.0 Å². The Hall–Kier alpha value is -0.740. The molecule has 0 aliphatic heterocycles. The number of aromatic nitrogens is 1. The molecule has 0 aliphatic carbocycles. The maximum absolute atomic E-state index is 11.9. The molecule has 3 nitrogen and oxygen atoms in total. The zero-order valence-corrected chi connectivity index (χ0v) is 11.0. The van der Waals surface area contributed by atoms with Crippen molar-refractivity contribution in [3.63, 3.8) is 0 Å². The third-order valence-corrected chi connectivity index (χ3v) is 3.87. The SMILES string of the molecule is CCC(CC)CC(=O)c1csc(C(C)N)n1. The molecule has 0 saturated heterocycles. The molecule has 1 aromatic rings. The van der Waals surface area contributed by atoms with E-state index in [4.69, 9.17) is 5.73 Å². The Morgan fingerprint density at radius 3 is 2.56 bits per heavy atom. The van der Waals surface area contributed by atoms with E-state index in [1.165, 1.54) is 11.3 Å². The number of rotatable bonds is 6. The lowest BCUT2D eigenvalue weighted by molar-refractivity contribution is 0.0954. The summed E-state index contributed by atoms with van der Waals surface area (Å²) in [5, 5.41) is 2.66. The molecule has 0 amide bonds. The number of hydrogen-bond acceptors (Lipinski definition) is 4. The second-order valence-corrected chi connectivity index (χ2v) is 5.06. The molecule has 1 heterocycles. The third-order valence-electron chi connectivity index (χ3n) is 2.83. The van der Waals surface area contributed by atoms with Gasteiger partial charge in [-0.05, 0) is 12.8 Å². The van der Waals surface area contributed by atoms with Crippen LogP contribution in [-0.4, -0.2) is 10.8 Å². The molecule has 16 heavy (non-hydrogen) atoms. The van der Waals surface area contributed by atoms with Crippen molar-refractivity contribution in [1.82, 2.24) is 4.98 Å². The van der Waals surface area contributed by atoms with Crippen molar-refractivity contribution in [1.29, 1.82) is 0 Å². The summed E-state index contributed by atoms with van der Waals surface area (Å²) in [6, 6.07) is -0.0836. The average Bonchev–Trinajstić information content (AvgIpc) is 2.74. The summed E-state index contributed by atoms with van der Waals surface area (Å²) in [7, 11) is 0. The summed E-state index contributed by atoms with van der Waals surface area (Å²) < 4.78 is 0. The fourth-order valence-corrected chi connectivity index (χ4v) is 2.35. The van der Waals surface area contributed by atoms with Crippen LogP contribution < -0.4 is 5.73 Å². The monoisotopic (exact) mass is 240 g/mol. The molecule has 1 atom stereocenters. The first-order valence-electron chi connectivity index (χ1n) is 5.82. The molecule has 90 valence electrons. The first-order valence-corrected chi connectivity index (χ1v) is 6.70. The van der Waals surface area contributed by atoms with Gasteiger partial charge in [0.15, 0.2) is 5.78 Å². The number of carbonyl (C=O) groups is 1. The number of ketones is 1. The summed E-state index contributed by atoms with van der Waals surface area (Å²) in [5.74, 6) is 0.629. The highest BCUT2D eigenvalue weighted by Gasteiger charge is 2.16. The van der Waals surface area contributed by atoms with Crippen LogP contribution in [0.25, 0.3) is 0 Å². The normalized spacial score (nSPS) is 13.1. The summed E-state index contributed by atoms with van der Waals surface area (Å²) in [5.41, 5.74) is 6.30. The fraction of sp³-hybridized carbons (Fsp3) is 0.667. The number of thiazole rings is 1. The second-order valence-electron chi connectivity index (χ2n) is 4.17. The van der Waals surface area contributed by atoms with Crippen LogP contribution >= 0.6 is 11.3 Å². The van der Waals surface area contributed by atoms with Gasteiger partial charge in [-0.3, -0.25) is 4.79 Å². The molecule has 1 rings (SSSR count). The van der Waals surface area contributed by atoms with Crippen molar-refractivity contribution < 1.29 is 4.79 Å². The largest absolute Gasteiger partial charge is 0.322 e. The Bertz CT molecular complexity index is 343. The van der Waals surface area contributed by atoms with Crippen LogP contribution in [-0.2, 0) is 0 Å². The lowest BCUT2D eigenvalue weighted by Gasteiger charge is -2.09. The predicted molar refractivity (Wildman–Crippen MR) is 67.7 cm³/mol. The van der Waals surface area contributed by atoms with Crippen LogP contribution in [0.2, 0.25) is 0 Å². The predicted octanol–water partition coefficient (Wildman–Crippen LogP) is 3.17. The van der Waals surface area contributed by atoms with E-state index in [1.807, 2.05) is 12.3 Å². The van der Waals surface area contributed by atoms with Crippen molar-refractivity contribution in [3.05, 3.63) is 16.1 Å². The highest BCUT2D eigenvalue weighted by atomic mass is 32.1. The Balaban J connectivity index is 2.65. The number of hydrogen-bond donors (Lipinski definition) is 1. The minimum atomic E-state index is -0.0836. The van der Waals surface area contributed by atoms with Gasteiger partial charge in [-0.1, -0.05) is 26.7 Å². The van der Waals surface area contributed by atoms with Crippen LogP contribution in [0.1, 0.15) is 61.6 Å². The van der Waals surface area contributed by atoms with Gasteiger partial charge in [0, 0.05) is 11.8 Å². The molecule has 0 fully saturated rings. The zero-order chi connectivity index (χ0) is 12.1. The van der Waals surface area contributed by atoms with E-state index in [2.05, 4.69) is 18.8 Å². The van der Waals surface area contributed by atoms with Gasteiger partial charge < -0.3 is 5.73 Å². The Morgan fingerprint density at radius 1 is 1.50 bits per heavy atom. The van der Waals surface area contributed by atoms with Crippen LogP contribution in [0.3, 0.4) is 0 Å². The molecule has 0 spiro atoms. The van der Waals surface area contributed by atoms with Gasteiger partial charge in [0.2, 0.25) is 0 Å². The molecule has 1 aromatic heterocycles. The lowest BCUT2D eigenvalue weighted by atomic mass is 9.96. The highest BCUT2D eigenvalue weighted by molar-refractivity contribution is 7.09. The first-order chi connectivity index (χ1) is 7.58. The molecule has 1 unspecified atom stereocenters. The van der Waals surface area contributed by atoms with E-state index in [9.17, 15) is 4.79 Å². The van der Waals surface area contributed by atoms with Gasteiger partial charge >= 0.3 is 0 Å². The van der Waals surface area contributed by atoms with E-state index >= 15 is 0 Å². The zero-order valence-electron chi connectivity index (χ0n) is 10.2. The Kier molecular flexibility index (Phi) is 5.09. The van der Waals surface area contributed by atoms with Crippen LogP contribution in [0.5, 0.6) is 0 Å². The summed E-state index contributed by atoms with van der Waals surface area (Å²) in [4.78, 5) is 16.2. The van der Waals surface area contributed by atoms with Crippen molar-refractivity contribution in [2.24, 2.45) is 11.7 Å². The summed E-state index contributed by atoms with van der Waals surface area (Å²) in [6.07, 6.45) is 2.70. The van der Waals surface area contributed by atoms with E-state index in [1.54, 1.807) is 0 Å². The topological polar surface area (TPSA) is 56.0 Å². The van der Waals surface area contributed by atoms with Gasteiger partial charge in [-0.15, -0.1) is 11.3 Å². The van der Waals surface area contributed by atoms with Crippen molar-refractivity contribution in [2.45, 2.75) is 46.1 Å². The minimum absolute atomic E-state index is 0.0836. The van der Waals surface area contributed by atoms with Gasteiger partial charge in [-0.2, -0.15) is 0 Å². The van der Waals surface area contributed by atoms with Crippen molar-refractivity contribution in [3.8, 4) is 0 Å². The molecule has 0 aromatic carbocycles. The number of nitrogens with zero attached hydrogens (tertiary/aromatic N) is 1. The summed E-state index contributed by atoms with van der Waals surface area (Å²) >= 11 is 1.47. The highest BCUT2D eigenvalue weighted by Crippen LogP contribution is 2.20. The molecule has 4 heteroatoms. The summed E-state index contributed by atoms with van der Waals surface area (Å²) in [6.45, 7) is 6.12. The van der Waals surface area contributed by atoms with Crippen LogP contribution in [0.15, 0.2) is 5.38 Å². The average molecular weight is 240 g/mol. The van der Waals surface area contributed by atoms with E-state index in [0.717, 1.165) is 17.8 Å². The van der Waals surface area contributed by atoms with Crippen molar-refractivity contribution in [2.75, 3.05) is 0 Å². The molecular formula is C12H20N2OS. The standard InChI is InChI=1S/C12H20N2OS/c1-4-9(5-2)6-11(15)10-7-16-12(14-10)8(3)13/h7-9H,4-6,13H2,1-3H3. The molecule has 0 radical (unpaired) electrons. The van der Waals surface area contributed by atoms with Gasteiger partial charge in [0.05, 0.1) is 6.04 Å². The quantitative estimate of drug-likeness (QED) is 0.777. The van der Waals surface area contributed by atoms with Crippen LogP contribution in [0.4, 0.5) is 0 Å². The number of carbonyl (C=O) groups excluding carboxylic acids is 1. The molecule has 0 saturated carbocycles. The number of nitrogens with two attached hydrogens (primary N) is 1. The smallest absolute Gasteiger partial charge is 0.182 e. The fourth-order valence-electron chi connectivity index (χ4n) is 1.57. The van der Waals surface area contributed by atoms with Crippen molar-refractivity contribution >= 4 is 17.1 Å². The van der Waals surface area contributed by atoms with Gasteiger partial charge in [0.25, 0.3) is 0 Å². The molecular weight excluding hydrogens is 220 g/mol. The van der Waals surface area contributed by atoms with Gasteiger partial charge in [0.1, 0.15) is 10.7 Å². The Morgan fingerprint density at radius 2 is 2.12 bits per heavy atom. The second kappa shape index (κ2) is 6.11. The lowest BCUT2D eigenvalue weighted by Crippen LogP contribution is -2.09. The minimum Gasteiger partial charge on any atom is -0.322 e. The molecule has 0 aliphatic rings. The molecule has 0 bridgehead atoms. The maximum atomic E-state index is 11.9. The van der Waals surface area contributed by atoms with E-state index in [-0.39, 0.29) is 11.8 Å². The third kappa shape index (κ3) is 3.39. The number of Topliss-reactive ketones (excluding diaryl/α,β-unsaturated/α-hetero) is 1. The van der Waals surface area contributed by atoms with E-state index < -0.39 is 0 Å². The van der Waals surface area contributed by atoms with Crippen LogP contribution in [0, 0.1) is 5.92 Å². The maximum Gasteiger partial charge on any atom is 0.182 e.